The van der Waals surface area contributed by atoms with Crippen LogP contribution in [0.15, 0.2) is 24.5 Å². The highest BCUT2D eigenvalue weighted by molar-refractivity contribution is 5.08. The Bertz CT molecular complexity index is 507. The lowest BCUT2D eigenvalue weighted by Crippen LogP contribution is -2.43. The lowest BCUT2D eigenvalue weighted by molar-refractivity contribution is -0.0822. The summed E-state index contributed by atoms with van der Waals surface area (Å²) in [7, 11) is 0. The maximum absolute atomic E-state index is 6.26. The molecule has 1 aromatic rings. The molecule has 0 radical (unpaired) electrons. The van der Waals surface area contributed by atoms with Crippen LogP contribution in [0.1, 0.15) is 31.2 Å². The smallest absolute Gasteiger partial charge is 0.100 e. The molecule has 0 bridgehead atoms. The predicted octanol–water partition coefficient (Wildman–Crippen LogP) is 2.26. The normalized spacial score (nSPS) is 31.9. The van der Waals surface area contributed by atoms with E-state index in [-0.39, 0.29) is 12.2 Å². The summed E-state index contributed by atoms with van der Waals surface area (Å²) in [5.41, 5.74) is 1.18. The van der Waals surface area contributed by atoms with Gasteiger partial charge >= 0.3 is 0 Å². The minimum absolute atomic E-state index is 0.184. The van der Waals surface area contributed by atoms with Crippen LogP contribution in [0.2, 0.25) is 0 Å². The van der Waals surface area contributed by atoms with Crippen LogP contribution in [0.4, 0.5) is 0 Å². The fourth-order valence-corrected chi connectivity index (χ4v) is 4.30. The molecular formula is C19H28N2O3. The molecule has 132 valence electrons. The largest absolute Gasteiger partial charge is 0.381 e. The van der Waals surface area contributed by atoms with E-state index in [9.17, 15) is 0 Å². The molecular weight excluding hydrogens is 304 g/mol. The first kappa shape index (κ1) is 16.5. The first-order chi connectivity index (χ1) is 11.9. The van der Waals surface area contributed by atoms with Gasteiger partial charge in [0.05, 0.1) is 12.7 Å². The molecule has 4 rings (SSSR count). The zero-order valence-electron chi connectivity index (χ0n) is 14.3. The second-order valence-electron chi connectivity index (χ2n) is 7.26. The van der Waals surface area contributed by atoms with Crippen LogP contribution in [0.3, 0.4) is 0 Å². The molecule has 3 atom stereocenters. The van der Waals surface area contributed by atoms with Gasteiger partial charge in [-0.25, -0.2) is 0 Å². The highest BCUT2D eigenvalue weighted by Crippen LogP contribution is 2.32. The number of pyridine rings is 1. The molecule has 0 amide bonds. The minimum atomic E-state index is 0.184. The highest BCUT2D eigenvalue weighted by atomic mass is 16.5. The number of rotatable bonds is 5. The summed E-state index contributed by atoms with van der Waals surface area (Å²) in [4.78, 5) is 6.71. The van der Waals surface area contributed by atoms with E-state index < -0.39 is 0 Å². The molecule has 0 spiro atoms. The Morgan fingerprint density at radius 3 is 2.79 bits per heavy atom. The fraction of sp³-hybridized carbons (Fsp3) is 0.737. The lowest BCUT2D eigenvalue weighted by atomic mass is 9.97. The average molecular weight is 332 g/mol. The topological polar surface area (TPSA) is 43.8 Å². The summed E-state index contributed by atoms with van der Waals surface area (Å²) in [6.07, 6.45) is 8.86. The number of fused-ring (bicyclic) bond motifs is 1. The molecule has 0 saturated carbocycles. The molecule has 0 aliphatic carbocycles. The molecule has 1 aromatic heterocycles. The zero-order chi connectivity index (χ0) is 16.2. The van der Waals surface area contributed by atoms with Crippen LogP contribution < -0.4 is 0 Å². The van der Waals surface area contributed by atoms with Gasteiger partial charge in [-0.05, 0) is 49.3 Å². The van der Waals surface area contributed by atoms with Crippen molar-refractivity contribution in [1.82, 2.24) is 9.88 Å². The first-order valence-corrected chi connectivity index (χ1v) is 9.34. The summed E-state index contributed by atoms with van der Waals surface area (Å²) >= 11 is 0. The van der Waals surface area contributed by atoms with Gasteiger partial charge in [0.2, 0.25) is 0 Å². The summed E-state index contributed by atoms with van der Waals surface area (Å²) in [6, 6.07) is 4.58. The van der Waals surface area contributed by atoms with Crippen molar-refractivity contribution in [2.75, 3.05) is 32.9 Å². The van der Waals surface area contributed by atoms with Gasteiger partial charge in [-0.15, -0.1) is 0 Å². The highest BCUT2D eigenvalue weighted by Gasteiger charge is 2.45. The second kappa shape index (κ2) is 7.91. The predicted molar refractivity (Wildman–Crippen MR) is 90.7 cm³/mol. The van der Waals surface area contributed by atoms with Gasteiger partial charge in [-0.2, -0.15) is 0 Å². The van der Waals surface area contributed by atoms with Crippen molar-refractivity contribution < 1.29 is 14.2 Å². The molecule has 3 saturated heterocycles. The first-order valence-electron chi connectivity index (χ1n) is 9.34. The average Bonchev–Trinajstić information content (AvgIpc) is 3.00. The van der Waals surface area contributed by atoms with E-state index >= 15 is 0 Å². The van der Waals surface area contributed by atoms with Crippen molar-refractivity contribution in [3.05, 3.63) is 30.1 Å². The standard InChI is InChI=1S/C19H28N2O3/c1-2-17-19(23-9-1)18(24-14-16-3-7-20-8-4-16)13-21(17)12-15-5-10-22-11-6-15/h3-4,7-8,15,17-19H,1-2,5-6,9-14H2/t17-,18+,19+/m0/s1. The Morgan fingerprint density at radius 1 is 1.12 bits per heavy atom. The van der Waals surface area contributed by atoms with Crippen molar-refractivity contribution in [3.8, 4) is 0 Å². The van der Waals surface area contributed by atoms with Crippen LogP contribution in [0.25, 0.3) is 0 Å². The molecule has 0 N–H and O–H groups in total. The van der Waals surface area contributed by atoms with Crippen LogP contribution in [-0.2, 0) is 20.8 Å². The Kier molecular flexibility index (Phi) is 5.43. The third-order valence-electron chi connectivity index (χ3n) is 5.63. The third kappa shape index (κ3) is 3.80. The molecule has 3 aliphatic rings. The van der Waals surface area contributed by atoms with E-state index in [1.807, 2.05) is 24.5 Å². The van der Waals surface area contributed by atoms with Crippen LogP contribution in [0.5, 0.6) is 0 Å². The van der Waals surface area contributed by atoms with Crippen molar-refractivity contribution in [2.24, 2.45) is 5.92 Å². The zero-order valence-corrected chi connectivity index (χ0v) is 14.3. The fourth-order valence-electron chi connectivity index (χ4n) is 4.30. The lowest BCUT2D eigenvalue weighted by Gasteiger charge is -2.34. The quantitative estimate of drug-likeness (QED) is 0.827. The van der Waals surface area contributed by atoms with Crippen molar-refractivity contribution >= 4 is 0 Å². The third-order valence-corrected chi connectivity index (χ3v) is 5.63. The summed E-state index contributed by atoms with van der Waals surface area (Å²) in [6.45, 7) is 5.53. The second-order valence-corrected chi connectivity index (χ2v) is 7.26. The van der Waals surface area contributed by atoms with Crippen molar-refractivity contribution in [3.63, 3.8) is 0 Å². The number of nitrogens with zero attached hydrogens (tertiary/aromatic N) is 2. The molecule has 0 unspecified atom stereocenters. The number of likely N-dealkylation sites (tertiary alicyclic amines) is 1. The van der Waals surface area contributed by atoms with Crippen molar-refractivity contribution in [1.29, 1.82) is 0 Å². The molecule has 5 heteroatoms. The van der Waals surface area contributed by atoms with Crippen LogP contribution in [-0.4, -0.2) is 61.0 Å². The van der Waals surface area contributed by atoms with Gasteiger partial charge < -0.3 is 14.2 Å². The number of aromatic nitrogens is 1. The van der Waals surface area contributed by atoms with E-state index in [0.29, 0.717) is 12.6 Å². The maximum Gasteiger partial charge on any atom is 0.100 e. The van der Waals surface area contributed by atoms with E-state index in [1.54, 1.807) is 0 Å². The molecule has 5 nitrogen and oxygen atoms in total. The van der Waals surface area contributed by atoms with E-state index in [0.717, 1.165) is 32.3 Å². The van der Waals surface area contributed by atoms with Gasteiger partial charge in [0, 0.05) is 51.3 Å². The summed E-state index contributed by atoms with van der Waals surface area (Å²) in [5, 5.41) is 0. The van der Waals surface area contributed by atoms with Gasteiger partial charge in [-0.3, -0.25) is 9.88 Å². The van der Waals surface area contributed by atoms with Gasteiger partial charge in [0.1, 0.15) is 6.10 Å². The molecule has 24 heavy (non-hydrogen) atoms. The van der Waals surface area contributed by atoms with Crippen LogP contribution >= 0.6 is 0 Å². The molecule has 4 heterocycles. The Balaban J connectivity index is 1.37. The molecule has 3 fully saturated rings. The van der Waals surface area contributed by atoms with E-state index in [2.05, 4.69) is 9.88 Å². The molecule has 3 aliphatic heterocycles. The van der Waals surface area contributed by atoms with E-state index in [4.69, 9.17) is 14.2 Å². The monoisotopic (exact) mass is 332 g/mol. The van der Waals surface area contributed by atoms with Crippen LogP contribution in [0, 0.1) is 5.92 Å². The number of ether oxygens (including phenoxy) is 3. The van der Waals surface area contributed by atoms with Gasteiger partial charge in [0.25, 0.3) is 0 Å². The number of hydrogen-bond donors (Lipinski definition) is 0. The Labute approximate surface area is 144 Å². The Hall–Kier alpha value is -1.01. The molecule has 0 aromatic carbocycles. The summed E-state index contributed by atoms with van der Waals surface area (Å²) in [5.74, 6) is 0.764. The number of hydrogen-bond acceptors (Lipinski definition) is 5. The van der Waals surface area contributed by atoms with E-state index in [1.165, 1.54) is 37.8 Å². The Morgan fingerprint density at radius 2 is 1.96 bits per heavy atom. The SMILES string of the molecule is c1cc(CO[C@@H]2CN(CC3CCOCC3)[C@H]3CCCO[C@@H]23)ccn1. The van der Waals surface area contributed by atoms with Gasteiger partial charge in [0.15, 0.2) is 0 Å². The minimum Gasteiger partial charge on any atom is -0.381 e. The van der Waals surface area contributed by atoms with Gasteiger partial charge in [-0.1, -0.05) is 0 Å². The van der Waals surface area contributed by atoms with Crippen molar-refractivity contribution in [2.45, 2.75) is 50.5 Å². The summed E-state index contributed by atoms with van der Waals surface area (Å²) < 4.78 is 17.9. The maximum atomic E-state index is 6.26.